The highest BCUT2D eigenvalue weighted by atomic mass is 19.3. The predicted molar refractivity (Wildman–Crippen MR) is 76.4 cm³/mol. The van der Waals surface area contributed by atoms with Gasteiger partial charge in [0, 0.05) is 10.9 Å². The van der Waals surface area contributed by atoms with Crippen LogP contribution in [0.2, 0.25) is 0 Å². The number of halogens is 2. The standard InChI is InChI=1S/C17H14F2O2/c1-10-3-2-4-13-9-14(21-16(10)13)15(20)11-5-7-12(8-6-11)17(18)19/h2-9,15,17,20H,1H3. The highest BCUT2D eigenvalue weighted by Crippen LogP contribution is 2.30. The smallest absolute Gasteiger partial charge is 0.263 e. The first-order valence-corrected chi connectivity index (χ1v) is 6.61. The van der Waals surface area contributed by atoms with Gasteiger partial charge in [-0.15, -0.1) is 0 Å². The number of para-hydroxylation sites is 1. The van der Waals surface area contributed by atoms with E-state index in [1.165, 1.54) is 24.3 Å². The van der Waals surface area contributed by atoms with Crippen LogP contribution in [0.5, 0.6) is 0 Å². The summed E-state index contributed by atoms with van der Waals surface area (Å²) in [6, 6.07) is 13.1. The Morgan fingerprint density at radius 1 is 1.00 bits per heavy atom. The molecule has 21 heavy (non-hydrogen) atoms. The highest BCUT2D eigenvalue weighted by Gasteiger charge is 2.17. The minimum Gasteiger partial charge on any atom is -0.458 e. The molecule has 0 fully saturated rings. The zero-order valence-electron chi connectivity index (χ0n) is 11.4. The molecule has 0 saturated heterocycles. The van der Waals surface area contributed by atoms with E-state index in [9.17, 15) is 13.9 Å². The van der Waals surface area contributed by atoms with E-state index in [0.717, 1.165) is 16.5 Å². The molecule has 0 saturated carbocycles. The number of hydrogen-bond donors (Lipinski definition) is 1. The Morgan fingerprint density at radius 3 is 2.29 bits per heavy atom. The Balaban J connectivity index is 1.96. The lowest BCUT2D eigenvalue weighted by Crippen LogP contribution is -1.98. The summed E-state index contributed by atoms with van der Waals surface area (Å²) in [6.07, 6.45) is -3.48. The summed E-state index contributed by atoms with van der Waals surface area (Å²) in [4.78, 5) is 0. The van der Waals surface area contributed by atoms with Gasteiger partial charge in [0.2, 0.25) is 0 Å². The molecule has 0 aliphatic rings. The molecule has 0 amide bonds. The summed E-state index contributed by atoms with van der Waals surface area (Å²) in [5, 5.41) is 11.2. The van der Waals surface area contributed by atoms with E-state index in [4.69, 9.17) is 4.42 Å². The third-order valence-corrected chi connectivity index (χ3v) is 3.53. The number of rotatable bonds is 3. The second-order valence-corrected chi connectivity index (χ2v) is 5.01. The predicted octanol–water partition coefficient (Wildman–Crippen LogP) is 4.76. The summed E-state index contributed by atoms with van der Waals surface area (Å²) in [7, 11) is 0. The first kappa shape index (κ1) is 13.8. The topological polar surface area (TPSA) is 33.4 Å². The third kappa shape index (κ3) is 2.54. The van der Waals surface area contributed by atoms with Gasteiger partial charge in [-0.25, -0.2) is 8.78 Å². The summed E-state index contributed by atoms with van der Waals surface area (Å²) >= 11 is 0. The van der Waals surface area contributed by atoms with Gasteiger partial charge in [0.15, 0.2) is 0 Å². The van der Waals surface area contributed by atoms with E-state index in [1.54, 1.807) is 6.07 Å². The molecule has 108 valence electrons. The van der Waals surface area contributed by atoms with E-state index in [0.29, 0.717) is 11.3 Å². The van der Waals surface area contributed by atoms with Crippen molar-refractivity contribution in [2.45, 2.75) is 19.5 Å². The number of benzene rings is 2. The zero-order chi connectivity index (χ0) is 15.0. The quantitative estimate of drug-likeness (QED) is 0.753. The van der Waals surface area contributed by atoms with Gasteiger partial charge in [0.05, 0.1) is 0 Å². The van der Waals surface area contributed by atoms with E-state index >= 15 is 0 Å². The van der Waals surface area contributed by atoms with Gasteiger partial charge >= 0.3 is 0 Å². The molecule has 2 nitrogen and oxygen atoms in total. The average Bonchev–Trinajstić information content (AvgIpc) is 2.92. The van der Waals surface area contributed by atoms with Crippen LogP contribution >= 0.6 is 0 Å². The van der Waals surface area contributed by atoms with E-state index in [1.807, 2.05) is 25.1 Å². The Bertz CT molecular complexity index is 760. The molecule has 3 aromatic rings. The van der Waals surface area contributed by atoms with Crippen LogP contribution in [0.1, 0.15) is 35.0 Å². The van der Waals surface area contributed by atoms with Crippen molar-refractivity contribution in [2.75, 3.05) is 0 Å². The van der Waals surface area contributed by atoms with E-state index in [2.05, 4.69) is 0 Å². The second-order valence-electron chi connectivity index (χ2n) is 5.01. The van der Waals surface area contributed by atoms with Gasteiger partial charge in [0.1, 0.15) is 17.4 Å². The van der Waals surface area contributed by atoms with Crippen LogP contribution in [0.15, 0.2) is 52.9 Å². The monoisotopic (exact) mass is 288 g/mol. The molecule has 4 heteroatoms. The van der Waals surface area contributed by atoms with Gasteiger partial charge in [-0.1, -0.05) is 42.5 Å². The molecule has 0 bridgehead atoms. The van der Waals surface area contributed by atoms with Gasteiger partial charge in [0.25, 0.3) is 6.43 Å². The molecule has 1 atom stereocenters. The van der Waals surface area contributed by atoms with Crippen LogP contribution in [0.3, 0.4) is 0 Å². The lowest BCUT2D eigenvalue weighted by Gasteiger charge is -2.09. The average molecular weight is 288 g/mol. The molecule has 1 aromatic heterocycles. The molecule has 0 aliphatic heterocycles. The largest absolute Gasteiger partial charge is 0.458 e. The van der Waals surface area contributed by atoms with Crippen molar-refractivity contribution in [3.63, 3.8) is 0 Å². The van der Waals surface area contributed by atoms with Gasteiger partial charge in [-0.3, -0.25) is 0 Å². The van der Waals surface area contributed by atoms with Crippen molar-refractivity contribution in [1.82, 2.24) is 0 Å². The lowest BCUT2D eigenvalue weighted by atomic mass is 10.0. The summed E-state index contributed by atoms with van der Waals surface area (Å²) in [6.45, 7) is 1.93. The van der Waals surface area contributed by atoms with Crippen LogP contribution in [-0.2, 0) is 0 Å². The van der Waals surface area contributed by atoms with E-state index < -0.39 is 12.5 Å². The van der Waals surface area contributed by atoms with Crippen LogP contribution in [0.4, 0.5) is 8.78 Å². The fourth-order valence-electron chi connectivity index (χ4n) is 2.35. The normalized spacial score (nSPS) is 13.0. The molecule has 0 aliphatic carbocycles. The molecular weight excluding hydrogens is 274 g/mol. The van der Waals surface area contributed by atoms with Crippen LogP contribution in [-0.4, -0.2) is 5.11 Å². The Morgan fingerprint density at radius 2 is 1.67 bits per heavy atom. The minimum atomic E-state index is -2.51. The molecule has 1 unspecified atom stereocenters. The van der Waals surface area contributed by atoms with Crippen LogP contribution < -0.4 is 0 Å². The molecule has 2 aromatic carbocycles. The van der Waals surface area contributed by atoms with Gasteiger partial charge in [-0.05, 0) is 24.1 Å². The molecule has 0 spiro atoms. The van der Waals surface area contributed by atoms with Crippen molar-refractivity contribution >= 4 is 11.0 Å². The Labute approximate surface area is 120 Å². The van der Waals surface area contributed by atoms with Crippen LogP contribution in [0, 0.1) is 6.92 Å². The van der Waals surface area contributed by atoms with Crippen molar-refractivity contribution < 1.29 is 18.3 Å². The second kappa shape index (κ2) is 5.30. The summed E-state index contributed by atoms with van der Waals surface area (Å²) in [5.74, 6) is 0.407. The maximum atomic E-state index is 12.5. The highest BCUT2D eigenvalue weighted by molar-refractivity contribution is 5.81. The Kier molecular flexibility index (Phi) is 3.47. The number of hydrogen-bond acceptors (Lipinski definition) is 2. The zero-order valence-corrected chi connectivity index (χ0v) is 11.4. The van der Waals surface area contributed by atoms with Gasteiger partial charge in [-0.2, -0.15) is 0 Å². The third-order valence-electron chi connectivity index (χ3n) is 3.53. The van der Waals surface area contributed by atoms with Crippen molar-refractivity contribution in [3.8, 4) is 0 Å². The number of alkyl halides is 2. The molecule has 1 heterocycles. The molecular formula is C17H14F2O2. The number of fused-ring (bicyclic) bond motifs is 1. The van der Waals surface area contributed by atoms with Gasteiger partial charge < -0.3 is 9.52 Å². The Hall–Kier alpha value is -2.20. The SMILES string of the molecule is Cc1cccc2cc(C(O)c3ccc(C(F)F)cc3)oc12. The number of aliphatic hydroxyl groups is 1. The molecule has 0 radical (unpaired) electrons. The molecule has 1 N–H and O–H groups in total. The fraction of sp³-hybridized carbons (Fsp3) is 0.176. The number of aliphatic hydroxyl groups excluding tert-OH is 1. The minimum absolute atomic E-state index is 0.0635. The molecule has 3 rings (SSSR count). The van der Waals surface area contributed by atoms with Crippen molar-refractivity contribution in [1.29, 1.82) is 0 Å². The van der Waals surface area contributed by atoms with Crippen molar-refractivity contribution in [3.05, 3.63) is 71.0 Å². The maximum Gasteiger partial charge on any atom is 0.263 e. The number of furan rings is 1. The van der Waals surface area contributed by atoms with Crippen LogP contribution in [0.25, 0.3) is 11.0 Å². The fourth-order valence-corrected chi connectivity index (χ4v) is 2.35. The summed E-state index contributed by atoms with van der Waals surface area (Å²) < 4.78 is 30.7. The maximum absolute atomic E-state index is 12.5. The number of aryl methyl sites for hydroxylation is 1. The first-order valence-electron chi connectivity index (χ1n) is 6.61. The first-order chi connectivity index (χ1) is 10.1. The van der Waals surface area contributed by atoms with E-state index in [-0.39, 0.29) is 5.56 Å². The summed E-state index contributed by atoms with van der Waals surface area (Å²) in [5.41, 5.74) is 2.18. The lowest BCUT2D eigenvalue weighted by molar-refractivity contribution is 0.151. The van der Waals surface area contributed by atoms with Crippen molar-refractivity contribution in [2.24, 2.45) is 0 Å².